The number of aromatic nitrogens is 1. The molecule has 8 nitrogen and oxygen atoms in total. The molecule has 0 fully saturated rings. The summed E-state index contributed by atoms with van der Waals surface area (Å²) in [7, 11) is -1.96. The first-order valence-corrected chi connectivity index (χ1v) is 10.6. The van der Waals surface area contributed by atoms with Crippen molar-refractivity contribution in [2.45, 2.75) is 38.8 Å². The first-order chi connectivity index (χ1) is 13.3. The third kappa shape index (κ3) is 7.16. The zero-order chi connectivity index (χ0) is 20.6. The third-order valence-corrected chi connectivity index (χ3v) is 5.08. The molecule has 1 aromatic heterocycles. The largest absolute Gasteiger partial charge is 0.475 e. The molecular weight excluding hydrogens is 380 g/mol. The Morgan fingerprint density at radius 1 is 1.11 bits per heavy atom. The fourth-order valence-electron chi connectivity index (χ4n) is 2.43. The first kappa shape index (κ1) is 21.6. The molecular formula is C19H26N4O4S. The number of rotatable bonds is 9. The molecule has 0 radical (unpaired) electrons. The van der Waals surface area contributed by atoms with Crippen molar-refractivity contribution in [1.82, 2.24) is 20.3 Å². The number of urea groups is 1. The summed E-state index contributed by atoms with van der Waals surface area (Å²) in [5.74, 6) is 0.389. The predicted molar refractivity (Wildman–Crippen MR) is 107 cm³/mol. The lowest BCUT2D eigenvalue weighted by molar-refractivity contribution is 0.228. The predicted octanol–water partition coefficient (Wildman–Crippen LogP) is 1.92. The van der Waals surface area contributed by atoms with Crippen LogP contribution in [0.5, 0.6) is 5.88 Å². The molecule has 0 unspecified atom stereocenters. The number of nitrogens with zero attached hydrogens (tertiary/aromatic N) is 1. The molecule has 2 rings (SSSR count). The molecule has 0 bridgehead atoms. The van der Waals surface area contributed by atoms with E-state index in [-0.39, 0.29) is 31.0 Å². The summed E-state index contributed by atoms with van der Waals surface area (Å²) in [4.78, 5) is 16.3. The average molecular weight is 407 g/mol. The Balaban J connectivity index is 1.88. The van der Waals surface area contributed by atoms with Gasteiger partial charge in [-0.3, -0.25) is 0 Å². The normalized spacial score (nSPS) is 11.3. The minimum atomic E-state index is -3.34. The van der Waals surface area contributed by atoms with Crippen LogP contribution in [0.25, 0.3) is 0 Å². The highest BCUT2D eigenvalue weighted by Crippen LogP contribution is 2.15. The number of benzene rings is 1. The Morgan fingerprint density at radius 2 is 1.82 bits per heavy atom. The number of carbonyl (C=O) groups excluding carboxylic acids is 1. The number of hydrogen-bond acceptors (Lipinski definition) is 5. The molecule has 0 saturated carbocycles. The van der Waals surface area contributed by atoms with E-state index in [1.165, 1.54) is 7.05 Å². The lowest BCUT2D eigenvalue weighted by Crippen LogP contribution is -2.34. The van der Waals surface area contributed by atoms with Crippen molar-refractivity contribution in [2.24, 2.45) is 0 Å². The van der Waals surface area contributed by atoms with E-state index >= 15 is 0 Å². The van der Waals surface area contributed by atoms with E-state index in [0.717, 1.165) is 11.1 Å². The van der Waals surface area contributed by atoms with Gasteiger partial charge in [0.2, 0.25) is 15.9 Å². The lowest BCUT2D eigenvalue weighted by atomic mass is 10.1. The smallest absolute Gasteiger partial charge is 0.315 e. The van der Waals surface area contributed by atoms with Gasteiger partial charge in [-0.1, -0.05) is 30.3 Å². The zero-order valence-corrected chi connectivity index (χ0v) is 17.0. The van der Waals surface area contributed by atoms with Crippen LogP contribution in [0.3, 0.4) is 0 Å². The number of amides is 2. The maximum atomic E-state index is 12.1. The number of hydrogen-bond donors (Lipinski definition) is 3. The van der Waals surface area contributed by atoms with Gasteiger partial charge in [-0.15, -0.1) is 0 Å². The fraction of sp³-hybridized carbons (Fsp3) is 0.368. The second-order valence-corrected chi connectivity index (χ2v) is 8.38. The van der Waals surface area contributed by atoms with Gasteiger partial charge in [0, 0.05) is 24.8 Å². The second kappa shape index (κ2) is 10.0. The highest BCUT2D eigenvalue weighted by Gasteiger charge is 2.10. The molecule has 0 spiro atoms. The van der Waals surface area contributed by atoms with E-state index in [2.05, 4.69) is 20.3 Å². The third-order valence-electron chi connectivity index (χ3n) is 3.75. The fourth-order valence-corrected chi connectivity index (χ4v) is 3.19. The van der Waals surface area contributed by atoms with Crippen molar-refractivity contribution in [3.05, 3.63) is 59.3 Å². The molecule has 1 heterocycles. The van der Waals surface area contributed by atoms with Crippen molar-refractivity contribution in [3.63, 3.8) is 0 Å². The van der Waals surface area contributed by atoms with Crippen molar-refractivity contribution < 1.29 is 17.9 Å². The maximum Gasteiger partial charge on any atom is 0.315 e. The highest BCUT2D eigenvalue weighted by atomic mass is 32.2. The molecule has 3 N–H and O–H groups in total. The Kier molecular flexibility index (Phi) is 7.77. The van der Waals surface area contributed by atoms with E-state index < -0.39 is 10.0 Å². The van der Waals surface area contributed by atoms with E-state index in [4.69, 9.17) is 4.74 Å². The van der Waals surface area contributed by atoms with Gasteiger partial charge in [0.15, 0.2) is 0 Å². The summed E-state index contributed by atoms with van der Waals surface area (Å²) in [6.45, 7) is 4.38. The summed E-state index contributed by atoms with van der Waals surface area (Å²) >= 11 is 0. The monoisotopic (exact) mass is 406 g/mol. The van der Waals surface area contributed by atoms with E-state index in [1.807, 2.05) is 26.0 Å². The van der Waals surface area contributed by atoms with Gasteiger partial charge < -0.3 is 15.4 Å². The minimum absolute atomic E-state index is 0.0125. The topological polar surface area (TPSA) is 109 Å². The number of ether oxygens (including phenoxy) is 1. The van der Waals surface area contributed by atoms with E-state index in [1.54, 1.807) is 30.5 Å². The van der Waals surface area contributed by atoms with Crippen LogP contribution in [-0.4, -0.2) is 32.6 Å². The quantitative estimate of drug-likeness (QED) is 0.589. The minimum Gasteiger partial charge on any atom is -0.475 e. The Hall–Kier alpha value is -2.65. The van der Waals surface area contributed by atoms with Crippen LogP contribution in [0.15, 0.2) is 42.6 Å². The second-order valence-electron chi connectivity index (χ2n) is 6.45. The van der Waals surface area contributed by atoms with Gasteiger partial charge in [0.1, 0.15) is 0 Å². The number of nitrogens with one attached hydrogen (secondary N) is 3. The molecule has 0 aliphatic rings. The number of sulfonamides is 1. The summed E-state index contributed by atoms with van der Waals surface area (Å²) in [6.07, 6.45) is 1.63. The van der Waals surface area contributed by atoms with Crippen LogP contribution in [0, 0.1) is 0 Å². The molecule has 9 heteroatoms. The molecule has 0 atom stereocenters. The van der Waals surface area contributed by atoms with E-state index in [9.17, 15) is 13.2 Å². The molecule has 0 aliphatic heterocycles. The van der Waals surface area contributed by atoms with Gasteiger partial charge in [-0.25, -0.2) is 22.9 Å². The van der Waals surface area contributed by atoms with Crippen LogP contribution >= 0.6 is 0 Å². The van der Waals surface area contributed by atoms with Crippen molar-refractivity contribution in [2.75, 3.05) is 7.05 Å². The van der Waals surface area contributed by atoms with Gasteiger partial charge in [-0.05, 0) is 38.1 Å². The summed E-state index contributed by atoms with van der Waals surface area (Å²) in [5.41, 5.74) is 2.25. The molecule has 0 saturated heterocycles. The molecule has 1 aromatic carbocycles. The maximum absolute atomic E-state index is 12.1. The lowest BCUT2D eigenvalue weighted by Gasteiger charge is -2.13. The molecule has 28 heavy (non-hydrogen) atoms. The van der Waals surface area contributed by atoms with Crippen molar-refractivity contribution in [3.8, 4) is 5.88 Å². The zero-order valence-electron chi connectivity index (χ0n) is 16.2. The van der Waals surface area contributed by atoms with E-state index in [0.29, 0.717) is 11.4 Å². The Morgan fingerprint density at radius 3 is 2.54 bits per heavy atom. The number of carbonyl (C=O) groups is 1. The van der Waals surface area contributed by atoms with Crippen LogP contribution < -0.4 is 20.1 Å². The first-order valence-electron chi connectivity index (χ1n) is 8.90. The van der Waals surface area contributed by atoms with Crippen LogP contribution in [0.1, 0.15) is 30.5 Å². The SMILES string of the molecule is CNS(=O)(=O)Cc1cccc(CNC(=O)NCc2cccnc2OC(C)C)c1. The molecule has 152 valence electrons. The standard InChI is InChI=1S/C19H26N4O4S/c1-14(2)27-18-17(8-5-9-21-18)12-23-19(24)22-11-15-6-4-7-16(10-15)13-28(25,26)20-3/h4-10,14,20H,11-13H2,1-3H3,(H2,22,23,24). The van der Waals surface area contributed by atoms with Crippen molar-refractivity contribution >= 4 is 16.1 Å². The molecule has 0 aliphatic carbocycles. The van der Waals surface area contributed by atoms with Crippen LogP contribution in [0.4, 0.5) is 4.79 Å². The Bertz CT molecular complexity index is 900. The number of pyridine rings is 1. The molecule has 2 amide bonds. The van der Waals surface area contributed by atoms with Gasteiger partial charge in [-0.2, -0.15) is 0 Å². The van der Waals surface area contributed by atoms with Gasteiger partial charge in [0.25, 0.3) is 0 Å². The summed E-state index contributed by atoms with van der Waals surface area (Å²) in [6, 6.07) is 10.4. The summed E-state index contributed by atoms with van der Waals surface area (Å²) in [5, 5.41) is 5.53. The van der Waals surface area contributed by atoms with Gasteiger partial charge >= 0.3 is 6.03 Å². The Labute approximate surface area is 165 Å². The van der Waals surface area contributed by atoms with Crippen molar-refractivity contribution in [1.29, 1.82) is 0 Å². The summed E-state index contributed by atoms with van der Waals surface area (Å²) < 4.78 is 31.2. The van der Waals surface area contributed by atoms with Crippen LogP contribution in [0.2, 0.25) is 0 Å². The van der Waals surface area contributed by atoms with Crippen LogP contribution in [-0.2, 0) is 28.9 Å². The highest BCUT2D eigenvalue weighted by molar-refractivity contribution is 7.88. The molecule has 2 aromatic rings. The van der Waals surface area contributed by atoms with Gasteiger partial charge in [0.05, 0.1) is 11.9 Å². The average Bonchev–Trinajstić information content (AvgIpc) is 2.65.